The zero-order valence-electron chi connectivity index (χ0n) is 11.6. The van der Waals surface area contributed by atoms with Gasteiger partial charge in [0.2, 0.25) is 5.91 Å². The minimum absolute atomic E-state index is 0.130. The fourth-order valence-corrected chi connectivity index (χ4v) is 2.10. The molecule has 1 saturated heterocycles. The van der Waals surface area contributed by atoms with Crippen LogP contribution in [-0.4, -0.2) is 42.9 Å². The maximum Gasteiger partial charge on any atom is 0.252 e. The Balaban J connectivity index is 2.10. The van der Waals surface area contributed by atoms with E-state index in [0.29, 0.717) is 13.0 Å². The van der Waals surface area contributed by atoms with Crippen molar-refractivity contribution >= 4 is 11.8 Å². The summed E-state index contributed by atoms with van der Waals surface area (Å²) in [4.78, 5) is 25.3. The van der Waals surface area contributed by atoms with E-state index in [-0.39, 0.29) is 23.6 Å². The normalized spacial score (nSPS) is 17.4. The van der Waals surface area contributed by atoms with Gasteiger partial charge in [0.05, 0.1) is 12.1 Å². The monoisotopic (exact) mass is 289 g/mol. The number of nitrogens with one attached hydrogen (secondary N) is 1. The lowest BCUT2D eigenvalue weighted by Gasteiger charge is -2.12. The fraction of sp³-hybridized carbons (Fsp3) is 0.333. The number of carbonyl (C=O) groups excluding carboxylic acids is 2. The molecular formula is C15H16FN3O2. The number of rotatable bonds is 2. The zero-order valence-corrected chi connectivity index (χ0v) is 11.6. The molecule has 0 radical (unpaired) electrons. The summed E-state index contributed by atoms with van der Waals surface area (Å²) in [6.07, 6.45) is 0.559. The van der Waals surface area contributed by atoms with Gasteiger partial charge >= 0.3 is 0 Å². The summed E-state index contributed by atoms with van der Waals surface area (Å²) in [5, 5.41) is 2.61. The summed E-state index contributed by atoms with van der Waals surface area (Å²) in [5.41, 5.74) is 5.57. The van der Waals surface area contributed by atoms with Crippen LogP contribution in [0.15, 0.2) is 18.2 Å². The van der Waals surface area contributed by atoms with Crippen LogP contribution in [0.2, 0.25) is 0 Å². The first-order valence-electron chi connectivity index (χ1n) is 6.57. The third-order valence-electron chi connectivity index (χ3n) is 3.29. The highest BCUT2D eigenvalue weighted by Gasteiger charge is 2.30. The van der Waals surface area contributed by atoms with Crippen LogP contribution in [0.5, 0.6) is 0 Å². The average Bonchev–Trinajstić information content (AvgIpc) is 2.78. The molecule has 1 aromatic carbocycles. The SMILES string of the molecule is CN1CCC(NC(=O)c2ccc(C#CCN)c(F)c2)C1=O. The van der Waals surface area contributed by atoms with Gasteiger partial charge in [-0.25, -0.2) is 4.39 Å². The molecule has 21 heavy (non-hydrogen) atoms. The Labute approximate surface area is 122 Å². The lowest BCUT2D eigenvalue weighted by atomic mass is 10.1. The van der Waals surface area contributed by atoms with Crippen LogP contribution in [0.25, 0.3) is 0 Å². The van der Waals surface area contributed by atoms with Crippen molar-refractivity contribution in [2.24, 2.45) is 5.73 Å². The van der Waals surface area contributed by atoms with Crippen molar-refractivity contribution in [3.05, 3.63) is 35.1 Å². The van der Waals surface area contributed by atoms with Crippen LogP contribution in [0.1, 0.15) is 22.3 Å². The van der Waals surface area contributed by atoms with Gasteiger partial charge in [-0.2, -0.15) is 0 Å². The van der Waals surface area contributed by atoms with E-state index < -0.39 is 17.8 Å². The second-order valence-corrected chi connectivity index (χ2v) is 4.78. The predicted octanol–water partition coefficient (Wildman–Crippen LogP) is 0.0964. The first kappa shape index (κ1) is 15.0. The maximum absolute atomic E-state index is 13.8. The van der Waals surface area contributed by atoms with Gasteiger partial charge in [-0.05, 0) is 24.6 Å². The van der Waals surface area contributed by atoms with Gasteiger partial charge < -0.3 is 16.0 Å². The number of benzene rings is 1. The Kier molecular flexibility index (Phi) is 4.55. The molecule has 0 aromatic heterocycles. The summed E-state index contributed by atoms with van der Waals surface area (Å²) in [5.74, 6) is 3.95. The van der Waals surface area contributed by atoms with Gasteiger partial charge in [0.1, 0.15) is 11.9 Å². The molecule has 3 N–H and O–H groups in total. The van der Waals surface area contributed by atoms with E-state index in [1.807, 2.05) is 0 Å². The van der Waals surface area contributed by atoms with Crippen LogP contribution in [0.4, 0.5) is 4.39 Å². The third-order valence-corrected chi connectivity index (χ3v) is 3.29. The van der Waals surface area contributed by atoms with E-state index in [1.54, 1.807) is 11.9 Å². The van der Waals surface area contributed by atoms with Crippen molar-refractivity contribution in [1.82, 2.24) is 10.2 Å². The smallest absolute Gasteiger partial charge is 0.252 e. The van der Waals surface area contributed by atoms with E-state index in [0.717, 1.165) is 6.07 Å². The van der Waals surface area contributed by atoms with Crippen molar-refractivity contribution < 1.29 is 14.0 Å². The summed E-state index contributed by atoms with van der Waals surface area (Å²) >= 11 is 0. The van der Waals surface area contributed by atoms with Crippen LogP contribution in [0, 0.1) is 17.7 Å². The molecule has 2 amide bonds. The van der Waals surface area contributed by atoms with Crippen LogP contribution < -0.4 is 11.1 Å². The summed E-state index contributed by atoms with van der Waals surface area (Å²) in [6, 6.07) is 3.47. The Bertz CT molecular complexity index is 634. The van der Waals surface area contributed by atoms with E-state index in [2.05, 4.69) is 17.2 Å². The number of nitrogens with two attached hydrogens (primary N) is 1. The first-order valence-corrected chi connectivity index (χ1v) is 6.57. The quantitative estimate of drug-likeness (QED) is 0.758. The molecule has 1 heterocycles. The highest BCUT2D eigenvalue weighted by molar-refractivity contribution is 5.98. The molecule has 1 aliphatic heterocycles. The highest BCUT2D eigenvalue weighted by Crippen LogP contribution is 2.12. The van der Waals surface area contributed by atoms with Crippen molar-refractivity contribution in [2.75, 3.05) is 20.1 Å². The molecule has 1 fully saturated rings. The second kappa shape index (κ2) is 6.37. The Morgan fingerprint density at radius 3 is 2.90 bits per heavy atom. The van der Waals surface area contributed by atoms with Gasteiger partial charge in [-0.3, -0.25) is 9.59 Å². The molecule has 2 rings (SSSR count). The molecule has 1 atom stereocenters. The fourth-order valence-electron chi connectivity index (χ4n) is 2.10. The standard InChI is InChI=1S/C15H16FN3O2/c1-19-8-6-13(15(19)21)18-14(20)11-5-4-10(3-2-7-17)12(16)9-11/h4-5,9,13H,6-8,17H2,1H3,(H,18,20). The Morgan fingerprint density at radius 1 is 1.57 bits per heavy atom. The van der Waals surface area contributed by atoms with E-state index in [4.69, 9.17) is 5.73 Å². The summed E-state index contributed by atoms with van der Waals surface area (Å²) in [7, 11) is 1.68. The van der Waals surface area contributed by atoms with Gasteiger partial charge in [-0.15, -0.1) is 0 Å². The first-order chi connectivity index (χ1) is 10.0. The molecular weight excluding hydrogens is 273 g/mol. The summed E-state index contributed by atoms with van der Waals surface area (Å²) in [6.45, 7) is 0.741. The molecule has 0 spiro atoms. The molecule has 0 bridgehead atoms. The molecule has 0 saturated carbocycles. The number of carbonyl (C=O) groups is 2. The zero-order chi connectivity index (χ0) is 15.4. The minimum atomic E-state index is -0.585. The predicted molar refractivity (Wildman–Crippen MR) is 75.8 cm³/mol. The number of hydrogen-bond donors (Lipinski definition) is 2. The Morgan fingerprint density at radius 2 is 2.33 bits per heavy atom. The lowest BCUT2D eigenvalue weighted by Crippen LogP contribution is -2.40. The van der Waals surface area contributed by atoms with Crippen molar-refractivity contribution in [1.29, 1.82) is 0 Å². The number of hydrogen-bond acceptors (Lipinski definition) is 3. The van der Waals surface area contributed by atoms with Gasteiger partial charge in [0, 0.05) is 19.2 Å². The molecule has 1 unspecified atom stereocenters. The average molecular weight is 289 g/mol. The number of amides is 2. The van der Waals surface area contributed by atoms with E-state index in [9.17, 15) is 14.0 Å². The van der Waals surface area contributed by atoms with Gasteiger partial charge in [0.25, 0.3) is 5.91 Å². The number of likely N-dealkylation sites (tertiary alicyclic amines) is 1. The van der Waals surface area contributed by atoms with E-state index >= 15 is 0 Å². The molecule has 1 aliphatic rings. The van der Waals surface area contributed by atoms with Crippen LogP contribution >= 0.6 is 0 Å². The maximum atomic E-state index is 13.8. The minimum Gasteiger partial charge on any atom is -0.344 e. The van der Waals surface area contributed by atoms with E-state index in [1.165, 1.54) is 12.1 Å². The number of nitrogens with zero attached hydrogens (tertiary/aromatic N) is 1. The van der Waals surface area contributed by atoms with Crippen molar-refractivity contribution in [2.45, 2.75) is 12.5 Å². The van der Waals surface area contributed by atoms with Crippen LogP contribution in [-0.2, 0) is 4.79 Å². The Hall–Kier alpha value is -2.39. The molecule has 110 valence electrons. The second-order valence-electron chi connectivity index (χ2n) is 4.78. The van der Waals surface area contributed by atoms with Crippen molar-refractivity contribution in [3.63, 3.8) is 0 Å². The largest absolute Gasteiger partial charge is 0.344 e. The van der Waals surface area contributed by atoms with Crippen molar-refractivity contribution in [3.8, 4) is 11.8 Å². The van der Waals surface area contributed by atoms with Crippen LogP contribution in [0.3, 0.4) is 0 Å². The molecule has 5 nitrogen and oxygen atoms in total. The van der Waals surface area contributed by atoms with Gasteiger partial charge in [-0.1, -0.05) is 11.8 Å². The van der Waals surface area contributed by atoms with Gasteiger partial charge in [0.15, 0.2) is 0 Å². The molecule has 6 heteroatoms. The number of likely N-dealkylation sites (N-methyl/N-ethyl adjacent to an activating group) is 1. The molecule has 0 aliphatic carbocycles. The topological polar surface area (TPSA) is 75.4 Å². The third kappa shape index (κ3) is 3.38. The highest BCUT2D eigenvalue weighted by atomic mass is 19.1. The number of halogens is 1. The lowest BCUT2D eigenvalue weighted by molar-refractivity contribution is -0.128. The summed E-state index contributed by atoms with van der Waals surface area (Å²) < 4.78 is 13.8. The molecule has 1 aromatic rings.